The van der Waals surface area contributed by atoms with Gasteiger partial charge in [-0.1, -0.05) is 49.1 Å². The fraction of sp³-hybridized carbons (Fsp3) is 0.348. The SMILES string of the molecule is Cc1ccc2nc(N(C)c3ccccc3)n3c(C4CCCCC4)nnc3c2c1. The molecule has 0 radical (unpaired) electrons. The van der Waals surface area contributed by atoms with Crippen LogP contribution in [-0.4, -0.2) is 26.6 Å². The van der Waals surface area contributed by atoms with E-state index in [9.17, 15) is 0 Å². The van der Waals surface area contributed by atoms with Gasteiger partial charge in [-0.25, -0.2) is 9.38 Å². The first kappa shape index (κ1) is 17.2. The average Bonchev–Trinajstić information content (AvgIpc) is 3.19. The van der Waals surface area contributed by atoms with Crippen molar-refractivity contribution in [3.63, 3.8) is 0 Å². The lowest BCUT2D eigenvalue weighted by molar-refractivity contribution is 0.426. The molecule has 0 atom stereocenters. The zero-order valence-electron chi connectivity index (χ0n) is 16.5. The number of aryl methyl sites for hydroxylation is 1. The monoisotopic (exact) mass is 371 g/mol. The molecule has 142 valence electrons. The summed E-state index contributed by atoms with van der Waals surface area (Å²) in [5.74, 6) is 2.39. The third-order valence-electron chi connectivity index (χ3n) is 5.92. The van der Waals surface area contributed by atoms with Crippen LogP contribution in [0.2, 0.25) is 0 Å². The molecule has 0 aliphatic heterocycles. The summed E-state index contributed by atoms with van der Waals surface area (Å²) in [6, 6.07) is 16.7. The first-order valence-electron chi connectivity index (χ1n) is 10.2. The molecule has 0 spiro atoms. The molecule has 5 rings (SSSR count). The molecule has 2 heterocycles. The van der Waals surface area contributed by atoms with Crippen LogP contribution < -0.4 is 4.90 Å². The standard InChI is InChI=1S/C23H25N5/c1-16-13-14-20-19(15-16)22-26-25-21(17-9-5-3-6-10-17)28(22)23(24-20)27(2)18-11-7-4-8-12-18/h4,7-8,11-15,17H,3,5-6,9-10H2,1-2H3. The number of aromatic nitrogens is 4. The van der Waals surface area contributed by atoms with E-state index < -0.39 is 0 Å². The molecular formula is C23H25N5. The van der Waals surface area contributed by atoms with E-state index in [1.54, 1.807) is 0 Å². The van der Waals surface area contributed by atoms with Crippen LogP contribution in [0.15, 0.2) is 48.5 Å². The molecule has 28 heavy (non-hydrogen) atoms. The van der Waals surface area contributed by atoms with E-state index >= 15 is 0 Å². The highest BCUT2D eigenvalue weighted by Gasteiger charge is 2.25. The summed E-state index contributed by atoms with van der Waals surface area (Å²) >= 11 is 0. The van der Waals surface area contributed by atoms with Gasteiger partial charge in [-0.3, -0.25) is 0 Å². The average molecular weight is 371 g/mol. The third-order valence-corrected chi connectivity index (χ3v) is 5.92. The molecule has 0 unspecified atom stereocenters. The van der Waals surface area contributed by atoms with Crippen LogP contribution >= 0.6 is 0 Å². The number of rotatable bonds is 3. The van der Waals surface area contributed by atoms with Crippen LogP contribution in [0.5, 0.6) is 0 Å². The first-order chi connectivity index (χ1) is 13.7. The Morgan fingerprint density at radius 3 is 2.54 bits per heavy atom. The smallest absolute Gasteiger partial charge is 0.217 e. The Kier molecular flexibility index (Phi) is 4.23. The highest BCUT2D eigenvalue weighted by atomic mass is 15.3. The number of para-hydroxylation sites is 1. The lowest BCUT2D eigenvalue weighted by Crippen LogP contribution is -2.18. The summed E-state index contributed by atoms with van der Waals surface area (Å²) in [4.78, 5) is 7.20. The van der Waals surface area contributed by atoms with E-state index in [1.165, 1.54) is 37.7 Å². The number of anilines is 2. The second-order valence-corrected chi connectivity index (χ2v) is 7.88. The van der Waals surface area contributed by atoms with Crippen LogP contribution in [0.4, 0.5) is 11.6 Å². The highest BCUT2D eigenvalue weighted by molar-refractivity contribution is 5.93. The second kappa shape index (κ2) is 6.89. The molecule has 1 aliphatic carbocycles. The molecule has 0 saturated heterocycles. The Morgan fingerprint density at radius 2 is 1.75 bits per heavy atom. The molecule has 2 aromatic carbocycles. The molecule has 0 N–H and O–H groups in total. The molecule has 1 fully saturated rings. The van der Waals surface area contributed by atoms with Crippen molar-refractivity contribution in [3.8, 4) is 0 Å². The van der Waals surface area contributed by atoms with Crippen LogP contribution in [-0.2, 0) is 0 Å². The van der Waals surface area contributed by atoms with Gasteiger partial charge in [0.05, 0.1) is 5.52 Å². The number of hydrogen-bond donors (Lipinski definition) is 0. The fourth-order valence-corrected chi connectivity index (χ4v) is 4.37. The van der Waals surface area contributed by atoms with Gasteiger partial charge in [0.2, 0.25) is 5.95 Å². The van der Waals surface area contributed by atoms with Crippen molar-refractivity contribution in [1.82, 2.24) is 19.6 Å². The van der Waals surface area contributed by atoms with Gasteiger partial charge in [0.1, 0.15) is 5.82 Å². The molecular weight excluding hydrogens is 346 g/mol. The summed E-state index contributed by atoms with van der Waals surface area (Å²) < 4.78 is 2.20. The van der Waals surface area contributed by atoms with Gasteiger partial charge in [0, 0.05) is 24.0 Å². The Labute approximate surface area is 165 Å². The number of benzene rings is 2. The van der Waals surface area contributed by atoms with E-state index in [2.05, 4.69) is 75.9 Å². The van der Waals surface area contributed by atoms with Crippen LogP contribution in [0, 0.1) is 6.92 Å². The topological polar surface area (TPSA) is 46.3 Å². The predicted molar refractivity (Wildman–Crippen MR) is 113 cm³/mol. The maximum atomic E-state index is 5.06. The lowest BCUT2D eigenvalue weighted by Gasteiger charge is -2.24. The summed E-state index contributed by atoms with van der Waals surface area (Å²) in [5, 5.41) is 10.4. The van der Waals surface area contributed by atoms with E-state index in [1.807, 2.05) is 6.07 Å². The molecule has 2 aromatic heterocycles. The van der Waals surface area contributed by atoms with Crippen molar-refractivity contribution in [3.05, 3.63) is 59.9 Å². The Morgan fingerprint density at radius 1 is 0.964 bits per heavy atom. The van der Waals surface area contributed by atoms with Gasteiger partial charge in [0.25, 0.3) is 0 Å². The summed E-state index contributed by atoms with van der Waals surface area (Å²) in [6.07, 6.45) is 6.22. The minimum Gasteiger partial charge on any atom is -0.315 e. The summed E-state index contributed by atoms with van der Waals surface area (Å²) in [6.45, 7) is 2.11. The van der Waals surface area contributed by atoms with Crippen molar-refractivity contribution in [1.29, 1.82) is 0 Å². The van der Waals surface area contributed by atoms with Crippen LogP contribution in [0.25, 0.3) is 16.6 Å². The van der Waals surface area contributed by atoms with Crippen molar-refractivity contribution in [2.75, 3.05) is 11.9 Å². The van der Waals surface area contributed by atoms with Gasteiger partial charge in [-0.2, -0.15) is 0 Å². The lowest BCUT2D eigenvalue weighted by atomic mass is 9.89. The molecule has 1 saturated carbocycles. The van der Waals surface area contributed by atoms with E-state index in [4.69, 9.17) is 4.98 Å². The quantitative estimate of drug-likeness (QED) is 0.484. The van der Waals surface area contributed by atoms with E-state index in [-0.39, 0.29) is 0 Å². The van der Waals surface area contributed by atoms with Crippen molar-refractivity contribution >= 4 is 28.2 Å². The molecule has 0 bridgehead atoms. The minimum absolute atomic E-state index is 0.454. The van der Waals surface area contributed by atoms with Crippen LogP contribution in [0.3, 0.4) is 0 Å². The number of nitrogens with zero attached hydrogens (tertiary/aromatic N) is 5. The predicted octanol–water partition coefficient (Wildman–Crippen LogP) is 5.40. The van der Waals surface area contributed by atoms with Gasteiger partial charge in [-0.05, 0) is 44.0 Å². The third kappa shape index (κ3) is 2.82. The highest BCUT2D eigenvalue weighted by Crippen LogP contribution is 2.35. The van der Waals surface area contributed by atoms with Crippen LogP contribution in [0.1, 0.15) is 49.4 Å². The molecule has 5 heteroatoms. The fourth-order valence-electron chi connectivity index (χ4n) is 4.37. The van der Waals surface area contributed by atoms with Gasteiger partial charge >= 0.3 is 0 Å². The number of fused-ring (bicyclic) bond motifs is 3. The maximum Gasteiger partial charge on any atom is 0.217 e. The van der Waals surface area contributed by atoms with Gasteiger partial charge in [0.15, 0.2) is 5.65 Å². The Balaban J connectivity index is 1.78. The van der Waals surface area contributed by atoms with Crippen molar-refractivity contribution in [2.45, 2.75) is 44.9 Å². The Hall–Kier alpha value is -2.95. The summed E-state index contributed by atoms with van der Waals surface area (Å²) in [7, 11) is 2.07. The molecule has 5 nitrogen and oxygen atoms in total. The zero-order valence-corrected chi connectivity index (χ0v) is 16.5. The molecule has 1 aliphatic rings. The van der Waals surface area contributed by atoms with Gasteiger partial charge in [-0.15, -0.1) is 10.2 Å². The van der Waals surface area contributed by atoms with E-state index in [0.29, 0.717) is 5.92 Å². The minimum atomic E-state index is 0.454. The molecule has 4 aromatic rings. The molecule has 0 amide bonds. The Bertz CT molecular complexity index is 1130. The van der Waals surface area contributed by atoms with Gasteiger partial charge < -0.3 is 4.90 Å². The van der Waals surface area contributed by atoms with Crippen molar-refractivity contribution < 1.29 is 0 Å². The van der Waals surface area contributed by atoms with Crippen molar-refractivity contribution in [2.24, 2.45) is 0 Å². The second-order valence-electron chi connectivity index (χ2n) is 7.88. The maximum absolute atomic E-state index is 5.06. The normalized spacial score (nSPS) is 15.4. The summed E-state index contributed by atoms with van der Waals surface area (Å²) in [5.41, 5.74) is 4.18. The number of hydrogen-bond acceptors (Lipinski definition) is 4. The van der Waals surface area contributed by atoms with E-state index in [0.717, 1.165) is 34.0 Å². The first-order valence-corrected chi connectivity index (χ1v) is 10.2. The largest absolute Gasteiger partial charge is 0.315 e. The zero-order chi connectivity index (χ0) is 19.1.